The molecule has 0 saturated heterocycles. The van der Waals surface area contributed by atoms with Gasteiger partial charge < -0.3 is 15.2 Å². The molecule has 0 aromatic heterocycles. The van der Waals surface area contributed by atoms with Gasteiger partial charge in [-0.15, -0.1) is 0 Å². The Morgan fingerprint density at radius 1 is 0.757 bits per heavy atom. The molecule has 4 aromatic rings. The van der Waals surface area contributed by atoms with Crippen molar-refractivity contribution in [2.45, 2.75) is 18.4 Å². The topological polar surface area (TPSA) is 92.7 Å². The summed E-state index contributed by atoms with van der Waals surface area (Å²) >= 11 is 0. The summed E-state index contributed by atoms with van der Waals surface area (Å²) in [5.41, 5.74) is 5.99. The van der Waals surface area contributed by atoms with E-state index in [0.717, 1.165) is 22.3 Å². The van der Waals surface area contributed by atoms with Crippen molar-refractivity contribution in [1.82, 2.24) is 5.32 Å². The van der Waals surface area contributed by atoms with Crippen LogP contribution in [0.4, 0.5) is 4.79 Å². The Bertz CT molecular complexity index is 1420. The van der Waals surface area contributed by atoms with Crippen LogP contribution in [0.3, 0.4) is 0 Å². The zero-order valence-corrected chi connectivity index (χ0v) is 20.0. The molecule has 0 spiro atoms. The van der Waals surface area contributed by atoms with Crippen LogP contribution in [-0.4, -0.2) is 35.6 Å². The number of carboxylic acids is 1. The molecular formula is C31H25NO5. The first-order valence-corrected chi connectivity index (χ1v) is 12.0. The third-order valence-corrected chi connectivity index (χ3v) is 6.60. The normalized spacial score (nSPS) is 12.8. The van der Waals surface area contributed by atoms with Crippen LogP contribution in [0, 0.1) is 0 Å². The molecule has 0 saturated carbocycles. The van der Waals surface area contributed by atoms with Gasteiger partial charge in [-0.1, -0.05) is 97.1 Å². The second kappa shape index (κ2) is 10.5. The molecule has 37 heavy (non-hydrogen) atoms. The Morgan fingerprint density at radius 3 is 2.00 bits per heavy atom. The fourth-order valence-electron chi connectivity index (χ4n) is 4.81. The number of rotatable bonds is 8. The van der Waals surface area contributed by atoms with Crippen molar-refractivity contribution in [2.24, 2.45) is 0 Å². The predicted molar refractivity (Wildman–Crippen MR) is 140 cm³/mol. The van der Waals surface area contributed by atoms with Gasteiger partial charge in [-0.3, -0.25) is 4.79 Å². The Hall–Kier alpha value is -4.71. The Labute approximate surface area is 214 Å². The van der Waals surface area contributed by atoms with Gasteiger partial charge in [0.15, 0.2) is 5.78 Å². The van der Waals surface area contributed by atoms with Gasteiger partial charge in [-0.05, 0) is 33.9 Å². The van der Waals surface area contributed by atoms with E-state index in [-0.39, 0.29) is 24.7 Å². The first-order chi connectivity index (χ1) is 18.0. The molecule has 5 rings (SSSR count). The number of hydrogen-bond donors (Lipinski definition) is 2. The van der Waals surface area contributed by atoms with E-state index in [9.17, 15) is 19.5 Å². The van der Waals surface area contributed by atoms with Crippen molar-refractivity contribution in [3.63, 3.8) is 0 Å². The van der Waals surface area contributed by atoms with Crippen molar-refractivity contribution in [3.8, 4) is 11.1 Å². The average Bonchev–Trinajstić information content (AvgIpc) is 3.25. The molecule has 0 bridgehead atoms. The minimum atomic E-state index is -1.21. The van der Waals surface area contributed by atoms with Crippen LogP contribution < -0.4 is 5.32 Å². The van der Waals surface area contributed by atoms with Gasteiger partial charge in [0.2, 0.25) is 0 Å². The molecule has 2 N–H and O–H groups in total. The maximum atomic E-state index is 12.8. The lowest BCUT2D eigenvalue weighted by molar-refractivity contribution is -0.139. The van der Waals surface area contributed by atoms with Crippen LogP contribution in [0.15, 0.2) is 103 Å². The summed E-state index contributed by atoms with van der Waals surface area (Å²) in [5, 5.41) is 12.2. The lowest BCUT2D eigenvalue weighted by Crippen LogP contribution is -2.42. The molecule has 0 heterocycles. The van der Waals surface area contributed by atoms with E-state index >= 15 is 0 Å². The highest BCUT2D eigenvalue weighted by atomic mass is 16.5. The maximum Gasteiger partial charge on any atom is 0.407 e. The SMILES string of the molecule is O=C(N[C@@H](Cc1cccc(C(=O)c2ccccc2)c1)C(=O)O)OCC1c2ccccc2-c2ccccc21. The van der Waals surface area contributed by atoms with E-state index in [1.54, 1.807) is 48.5 Å². The van der Waals surface area contributed by atoms with E-state index in [4.69, 9.17) is 4.74 Å². The second-order valence-electron chi connectivity index (χ2n) is 8.96. The van der Waals surface area contributed by atoms with Gasteiger partial charge in [-0.2, -0.15) is 0 Å². The molecule has 6 nitrogen and oxygen atoms in total. The highest BCUT2D eigenvalue weighted by molar-refractivity contribution is 6.09. The van der Waals surface area contributed by atoms with Gasteiger partial charge in [0.05, 0.1) is 0 Å². The summed E-state index contributed by atoms with van der Waals surface area (Å²) in [6.07, 6.45) is -0.791. The molecule has 184 valence electrons. The van der Waals surface area contributed by atoms with Crippen LogP contribution in [0.2, 0.25) is 0 Å². The third kappa shape index (κ3) is 5.14. The molecule has 0 aliphatic heterocycles. The first kappa shape index (κ1) is 24.0. The number of amides is 1. The molecule has 1 atom stereocenters. The summed E-state index contributed by atoms with van der Waals surface area (Å²) in [6, 6.07) is 30.4. The molecule has 1 amide bonds. The summed E-state index contributed by atoms with van der Waals surface area (Å²) in [7, 11) is 0. The number of carbonyl (C=O) groups is 3. The van der Waals surface area contributed by atoms with Crippen LogP contribution in [0.1, 0.15) is 38.5 Å². The zero-order valence-electron chi connectivity index (χ0n) is 20.0. The number of hydrogen-bond acceptors (Lipinski definition) is 4. The number of carboxylic acid groups (broad SMARTS) is 1. The fraction of sp³-hybridized carbons (Fsp3) is 0.129. The largest absolute Gasteiger partial charge is 0.480 e. The van der Waals surface area contributed by atoms with Crippen molar-refractivity contribution < 1.29 is 24.2 Å². The van der Waals surface area contributed by atoms with E-state index in [2.05, 4.69) is 5.32 Å². The number of carbonyl (C=O) groups excluding carboxylic acids is 2. The smallest absolute Gasteiger partial charge is 0.407 e. The Balaban J connectivity index is 1.25. The van der Waals surface area contributed by atoms with Gasteiger partial charge in [-0.25, -0.2) is 9.59 Å². The summed E-state index contributed by atoms with van der Waals surface area (Å²) < 4.78 is 5.51. The highest BCUT2D eigenvalue weighted by Gasteiger charge is 2.30. The van der Waals surface area contributed by atoms with Crippen molar-refractivity contribution in [2.75, 3.05) is 6.61 Å². The quantitative estimate of drug-likeness (QED) is 0.320. The predicted octanol–water partition coefficient (Wildman–Crippen LogP) is 5.45. The zero-order chi connectivity index (χ0) is 25.8. The fourth-order valence-corrected chi connectivity index (χ4v) is 4.81. The van der Waals surface area contributed by atoms with E-state index < -0.39 is 18.1 Å². The highest BCUT2D eigenvalue weighted by Crippen LogP contribution is 2.44. The molecule has 1 aliphatic rings. The van der Waals surface area contributed by atoms with Gasteiger partial charge in [0.25, 0.3) is 0 Å². The number of nitrogens with one attached hydrogen (secondary N) is 1. The standard InChI is InChI=1S/C31H25NO5/c33-29(21-10-2-1-3-11-21)22-12-8-9-20(17-22)18-28(30(34)35)32-31(36)37-19-27-25-15-6-4-13-23(25)24-14-5-7-16-26(24)27/h1-17,27-28H,18-19H2,(H,32,36)(H,34,35)/t28-/m0/s1. The molecule has 6 heteroatoms. The second-order valence-corrected chi connectivity index (χ2v) is 8.96. The molecule has 1 aliphatic carbocycles. The minimum Gasteiger partial charge on any atom is -0.480 e. The van der Waals surface area contributed by atoms with Crippen LogP contribution in [-0.2, 0) is 16.0 Å². The molecule has 0 radical (unpaired) electrons. The van der Waals surface area contributed by atoms with Crippen molar-refractivity contribution in [1.29, 1.82) is 0 Å². The number of alkyl carbamates (subject to hydrolysis) is 1. The summed E-state index contributed by atoms with van der Waals surface area (Å²) in [5.74, 6) is -1.46. The number of ether oxygens (including phenoxy) is 1. The number of benzene rings is 4. The van der Waals surface area contributed by atoms with E-state index in [0.29, 0.717) is 16.7 Å². The summed E-state index contributed by atoms with van der Waals surface area (Å²) in [6.45, 7) is 0.0905. The maximum absolute atomic E-state index is 12.8. The molecule has 4 aromatic carbocycles. The van der Waals surface area contributed by atoms with Gasteiger partial charge >= 0.3 is 12.1 Å². The Kier molecular flexibility index (Phi) is 6.81. The van der Waals surface area contributed by atoms with Gasteiger partial charge in [0, 0.05) is 23.5 Å². The number of fused-ring (bicyclic) bond motifs is 3. The number of aliphatic carboxylic acids is 1. The van der Waals surface area contributed by atoms with E-state index in [1.807, 2.05) is 54.6 Å². The monoisotopic (exact) mass is 491 g/mol. The molecular weight excluding hydrogens is 466 g/mol. The van der Waals surface area contributed by atoms with Crippen molar-refractivity contribution >= 4 is 17.8 Å². The van der Waals surface area contributed by atoms with E-state index in [1.165, 1.54) is 0 Å². The average molecular weight is 492 g/mol. The number of ketones is 1. The van der Waals surface area contributed by atoms with Crippen LogP contribution in [0.5, 0.6) is 0 Å². The lowest BCUT2D eigenvalue weighted by Gasteiger charge is -2.18. The minimum absolute atomic E-state index is 0.00936. The summed E-state index contributed by atoms with van der Waals surface area (Å²) in [4.78, 5) is 37.3. The van der Waals surface area contributed by atoms with Gasteiger partial charge in [0.1, 0.15) is 12.6 Å². The first-order valence-electron chi connectivity index (χ1n) is 12.0. The third-order valence-electron chi connectivity index (χ3n) is 6.60. The molecule has 0 unspecified atom stereocenters. The Morgan fingerprint density at radius 2 is 1.35 bits per heavy atom. The van der Waals surface area contributed by atoms with Crippen LogP contribution in [0.25, 0.3) is 11.1 Å². The lowest BCUT2D eigenvalue weighted by atomic mass is 9.98. The van der Waals surface area contributed by atoms with Crippen LogP contribution >= 0.6 is 0 Å². The molecule has 0 fully saturated rings. The van der Waals surface area contributed by atoms with Crippen molar-refractivity contribution in [3.05, 3.63) is 131 Å².